The van der Waals surface area contributed by atoms with Crippen LogP contribution in [0.5, 0.6) is 0 Å². The van der Waals surface area contributed by atoms with Gasteiger partial charge in [-0.05, 0) is 26.1 Å². The number of hydrogen-bond donors (Lipinski definition) is 1. The predicted octanol–water partition coefficient (Wildman–Crippen LogP) is 0.800. The number of likely N-dealkylation sites (N-methyl/N-ethyl adjacent to an activating group) is 1. The van der Waals surface area contributed by atoms with E-state index in [0.717, 1.165) is 25.3 Å². The van der Waals surface area contributed by atoms with Crippen molar-refractivity contribution >= 4 is 5.91 Å². The molecule has 0 atom stereocenters. The van der Waals surface area contributed by atoms with E-state index in [1.54, 1.807) is 17.8 Å². The van der Waals surface area contributed by atoms with E-state index in [1.807, 2.05) is 6.92 Å². The molecule has 96 valence electrons. The van der Waals surface area contributed by atoms with Gasteiger partial charge in [-0.15, -0.1) is 0 Å². The summed E-state index contributed by atoms with van der Waals surface area (Å²) in [4.78, 5) is 14.1. The molecule has 0 radical (unpaired) electrons. The minimum Gasteiger partial charge on any atom is -0.349 e. The summed E-state index contributed by atoms with van der Waals surface area (Å²) in [5, 5.41) is 7.06. The van der Waals surface area contributed by atoms with Gasteiger partial charge in [0.25, 0.3) is 5.91 Å². The molecule has 0 aliphatic heterocycles. The first kappa shape index (κ1) is 13.7. The highest BCUT2D eigenvalue weighted by molar-refractivity contribution is 5.92. The van der Waals surface area contributed by atoms with Crippen molar-refractivity contribution in [1.82, 2.24) is 20.0 Å². The SMILES string of the molecule is CCN(CC)CCNC(=O)c1cc(C)nn1C. The molecule has 1 aromatic rings. The molecule has 0 fully saturated rings. The van der Waals surface area contributed by atoms with Crippen molar-refractivity contribution in [2.24, 2.45) is 7.05 Å². The Balaban J connectivity index is 2.42. The molecule has 1 aromatic heterocycles. The zero-order valence-electron chi connectivity index (χ0n) is 11.2. The van der Waals surface area contributed by atoms with E-state index in [2.05, 4.69) is 29.2 Å². The zero-order valence-corrected chi connectivity index (χ0v) is 11.2. The van der Waals surface area contributed by atoms with E-state index in [1.165, 1.54) is 0 Å². The third-order valence-corrected chi connectivity index (χ3v) is 2.84. The van der Waals surface area contributed by atoms with Crippen LogP contribution >= 0.6 is 0 Å². The summed E-state index contributed by atoms with van der Waals surface area (Å²) >= 11 is 0. The van der Waals surface area contributed by atoms with Crippen LogP contribution in [0.25, 0.3) is 0 Å². The highest BCUT2D eigenvalue weighted by atomic mass is 16.2. The number of hydrogen-bond acceptors (Lipinski definition) is 3. The molecule has 0 spiro atoms. The maximum atomic E-state index is 11.8. The number of rotatable bonds is 6. The lowest BCUT2D eigenvalue weighted by Crippen LogP contribution is -2.35. The van der Waals surface area contributed by atoms with Gasteiger partial charge in [-0.25, -0.2) is 0 Å². The van der Waals surface area contributed by atoms with Gasteiger partial charge in [0.05, 0.1) is 5.69 Å². The Labute approximate surface area is 103 Å². The molecule has 0 saturated heterocycles. The second kappa shape index (κ2) is 6.39. The van der Waals surface area contributed by atoms with Crippen LogP contribution in [0.15, 0.2) is 6.07 Å². The van der Waals surface area contributed by atoms with Gasteiger partial charge in [0.1, 0.15) is 5.69 Å². The van der Waals surface area contributed by atoms with Gasteiger partial charge in [-0.1, -0.05) is 13.8 Å². The maximum Gasteiger partial charge on any atom is 0.269 e. The number of carbonyl (C=O) groups is 1. The first-order valence-electron chi connectivity index (χ1n) is 6.09. The molecular formula is C12H22N4O. The second-order valence-corrected chi connectivity index (χ2v) is 4.08. The fourth-order valence-electron chi connectivity index (χ4n) is 1.78. The topological polar surface area (TPSA) is 50.2 Å². The Morgan fingerprint density at radius 2 is 2.12 bits per heavy atom. The average Bonchev–Trinajstić information content (AvgIpc) is 2.64. The predicted molar refractivity (Wildman–Crippen MR) is 68.1 cm³/mol. The molecule has 0 aliphatic rings. The summed E-state index contributed by atoms with van der Waals surface area (Å²) in [5.41, 5.74) is 1.48. The van der Waals surface area contributed by atoms with E-state index in [4.69, 9.17) is 0 Å². The Hall–Kier alpha value is -1.36. The van der Waals surface area contributed by atoms with Gasteiger partial charge >= 0.3 is 0 Å². The first-order valence-corrected chi connectivity index (χ1v) is 6.09. The standard InChI is InChI=1S/C12H22N4O/c1-5-16(6-2)8-7-13-12(17)11-9-10(3)14-15(11)4/h9H,5-8H2,1-4H3,(H,13,17). The largest absolute Gasteiger partial charge is 0.349 e. The van der Waals surface area contributed by atoms with E-state index < -0.39 is 0 Å². The smallest absolute Gasteiger partial charge is 0.269 e. The fraction of sp³-hybridized carbons (Fsp3) is 0.667. The van der Waals surface area contributed by atoms with Crippen LogP contribution in [0.3, 0.4) is 0 Å². The second-order valence-electron chi connectivity index (χ2n) is 4.08. The minimum absolute atomic E-state index is 0.0553. The van der Waals surface area contributed by atoms with Crippen LogP contribution in [0.1, 0.15) is 30.0 Å². The maximum absolute atomic E-state index is 11.8. The van der Waals surface area contributed by atoms with Crippen molar-refractivity contribution < 1.29 is 4.79 Å². The van der Waals surface area contributed by atoms with Gasteiger partial charge in [0.2, 0.25) is 0 Å². The van der Waals surface area contributed by atoms with Gasteiger partial charge in [0.15, 0.2) is 0 Å². The summed E-state index contributed by atoms with van der Waals surface area (Å²) in [6.07, 6.45) is 0. The molecule has 0 aliphatic carbocycles. The van der Waals surface area contributed by atoms with Crippen molar-refractivity contribution in [3.05, 3.63) is 17.5 Å². The Morgan fingerprint density at radius 3 is 2.59 bits per heavy atom. The minimum atomic E-state index is -0.0553. The molecular weight excluding hydrogens is 216 g/mol. The quantitative estimate of drug-likeness (QED) is 0.797. The summed E-state index contributed by atoms with van der Waals surface area (Å²) in [6, 6.07) is 1.80. The molecule has 1 rings (SSSR count). The van der Waals surface area contributed by atoms with Gasteiger partial charge < -0.3 is 10.2 Å². The number of aryl methyl sites for hydroxylation is 2. The zero-order chi connectivity index (χ0) is 12.8. The molecule has 1 amide bonds. The molecule has 1 N–H and O–H groups in total. The number of nitrogens with one attached hydrogen (secondary N) is 1. The van der Waals surface area contributed by atoms with Crippen molar-refractivity contribution in [2.45, 2.75) is 20.8 Å². The van der Waals surface area contributed by atoms with Gasteiger partial charge in [0, 0.05) is 20.1 Å². The third-order valence-electron chi connectivity index (χ3n) is 2.84. The van der Waals surface area contributed by atoms with Crippen LogP contribution in [0.4, 0.5) is 0 Å². The fourth-order valence-corrected chi connectivity index (χ4v) is 1.78. The van der Waals surface area contributed by atoms with E-state index in [-0.39, 0.29) is 5.91 Å². The van der Waals surface area contributed by atoms with Crippen LogP contribution < -0.4 is 5.32 Å². The normalized spacial score (nSPS) is 10.9. The highest BCUT2D eigenvalue weighted by Gasteiger charge is 2.11. The van der Waals surface area contributed by atoms with Gasteiger partial charge in [-0.2, -0.15) is 5.10 Å². The molecule has 5 heteroatoms. The van der Waals surface area contributed by atoms with Crippen molar-refractivity contribution in [1.29, 1.82) is 0 Å². The highest BCUT2D eigenvalue weighted by Crippen LogP contribution is 2.01. The Bertz CT molecular complexity index is 369. The first-order chi connectivity index (χ1) is 8.08. The molecule has 0 saturated carbocycles. The molecule has 0 unspecified atom stereocenters. The van der Waals surface area contributed by atoms with E-state index in [9.17, 15) is 4.79 Å². The number of carbonyl (C=O) groups excluding carboxylic acids is 1. The number of amides is 1. The lowest BCUT2D eigenvalue weighted by molar-refractivity contribution is 0.0939. The average molecular weight is 238 g/mol. The number of nitrogens with zero attached hydrogens (tertiary/aromatic N) is 3. The van der Waals surface area contributed by atoms with Crippen LogP contribution in [-0.4, -0.2) is 46.8 Å². The van der Waals surface area contributed by atoms with Crippen molar-refractivity contribution in [3.63, 3.8) is 0 Å². The lowest BCUT2D eigenvalue weighted by atomic mass is 10.3. The molecule has 1 heterocycles. The van der Waals surface area contributed by atoms with Crippen LogP contribution in [0, 0.1) is 6.92 Å². The lowest BCUT2D eigenvalue weighted by Gasteiger charge is -2.17. The van der Waals surface area contributed by atoms with Crippen LogP contribution in [-0.2, 0) is 7.05 Å². The number of aromatic nitrogens is 2. The summed E-state index contributed by atoms with van der Waals surface area (Å²) in [6.45, 7) is 9.70. The Morgan fingerprint density at radius 1 is 1.47 bits per heavy atom. The molecule has 0 bridgehead atoms. The third kappa shape index (κ3) is 3.85. The van der Waals surface area contributed by atoms with Gasteiger partial charge in [-0.3, -0.25) is 9.48 Å². The Kier molecular flexibility index (Phi) is 5.15. The molecule has 5 nitrogen and oxygen atoms in total. The van der Waals surface area contributed by atoms with E-state index in [0.29, 0.717) is 12.2 Å². The van der Waals surface area contributed by atoms with Crippen molar-refractivity contribution in [3.8, 4) is 0 Å². The molecule has 0 aromatic carbocycles. The molecule has 17 heavy (non-hydrogen) atoms. The summed E-state index contributed by atoms with van der Waals surface area (Å²) in [7, 11) is 1.78. The van der Waals surface area contributed by atoms with Crippen molar-refractivity contribution in [2.75, 3.05) is 26.2 Å². The summed E-state index contributed by atoms with van der Waals surface area (Å²) in [5.74, 6) is -0.0553. The summed E-state index contributed by atoms with van der Waals surface area (Å²) < 4.78 is 1.61. The monoisotopic (exact) mass is 238 g/mol. The van der Waals surface area contributed by atoms with Crippen LogP contribution in [0.2, 0.25) is 0 Å². The van der Waals surface area contributed by atoms with E-state index >= 15 is 0 Å².